The second-order valence-electron chi connectivity index (χ2n) is 5.20. The second-order valence-corrected chi connectivity index (χ2v) is 5.20. The summed E-state index contributed by atoms with van der Waals surface area (Å²) >= 11 is 0. The fourth-order valence-corrected chi connectivity index (χ4v) is 2.24. The van der Waals surface area contributed by atoms with E-state index < -0.39 is 0 Å². The third-order valence-electron chi connectivity index (χ3n) is 3.72. The average Bonchev–Trinajstić information content (AvgIpc) is 2.46. The Morgan fingerprint density at radius 2 is 2.21 bits per heavy atom. The zero-order valence-corrected chi connectivity index (χ0v) is 11.5. The number of carbonyl (C=O) groups is 1. The Kier molecular flexibility index (Phi) is 4.37. The number of methoxy groups -OCH3 is 1. The van der Waals surface area contributed by atoms with Crippen molar-refractivity contribution in [3.05, 3.63) is 23.9 Å². The van der Waals surface area contributed by atoms with Gasteiger partial charge in [-0.2, -0.15) is 0 Å². The van der Waals surface area contributed by atoms with Gasteiger partial charge in [0, 0.05) is 24.2 Å². The number of amides is 1. The van der Waals surface area contributed by atoms with Crippen molar-refractivity contribution >= 4 is 5.91 Å². The van der Waals surface area contributed by atoms with Crippen LogP contribution in [0.25, 0.3) is 0 Å². The SMILES string of the molecule is COc1ccc(CNC(=O)C2(C)CCNCC2)cn1. The first-order valence-corrected chi connectivity index (χ1v) is 6.62. The van der Waals surface area contributed by atoms with Crippen LogP contribution < -0.4 is 15.4 Å². The number of hydrogen-bond donors (Lipinski definition) is 2. The molecule has 0 atom stereocenters. The molecule has 19 heavy (non-hydrogen) atoms. The van der Waals surface area contributed by atoms with Gasteiger partial charge >= 0.3 is 0 Å². The molecule has 1 saturated heterocycles. The normalized spacial score (nSPS) is 17.8. The fraction of sp³-hybridized carbons (Fsp3) is 0.571. The molecule has 5 nitrogen and oxygen atoms in total. The van der Waals surface area contributed by atoms with Crippen LogP contribution in [0.15, 0.2) is 18.3 Å². The van der Waals surface area contributed by atoms with Crippen molar-refractivity contribution in [1.82, 2.24) is 15.6 Å². The van der Waals surface area contributed by atoms with Crippen molar-refractivity contribution in [3.63, 3.8) is 0 Å². The van der Waals surface area contributed by atoms with E-state index in [0.717, 1.165) is 31.5 Å². The predicted molar refractivity (Wildman–Crippen MR) is 72.8 cm³/mol. The smallest absolute Gasteiger partial charge is 0.226 e. The number of nitrogens with zero attached hydrogens (tertiary/aromatic N) is 1. The van der Waals surface area contributed by atoms with Crippen molar-refractivity contribution in [1.29, 1.82) is 0 Å². The first kappa shape index (κ1) is 13.8. The van der Waals surface area contributed by atoms with E-state index >= 15 is 0 Å². The summed E-state index contributed by atoms with van der Waals surface area (Å²) in [6, 6.07) is 3.71. The van der Waals surface area contributed by atoms with Crippen LogP contribution in [0.4, 0.5) is 0 Å². The van der Waals surface area contributed by atoms with Gasteiger partial charge in [0.2, 0.25) is 11.8 Å². The van der Waals surface area contributed by atoms with Gasteiger partial charge in [-0.1, -0.05) is 13.0 Å². The van der Waals surface area contributed by atoms with E-state index in [9.17, 15) is 4.79 Å². The summed E-state index contributed by atoms with van der Waals surface area (Å²) in [5.41, 5.74) is 0.734. The van der Waals surface area contributed by atoms with E-state index in [1.807, 2.05) is 13.0 Å². The summed E-state index contributed by atoms with van der Waals surface area (Å²) in [7, 11) is 1.59. The molecule has 1 aromatic rings. The quantitative estimate of drug-likeness (QED) is 0.854. The van der Waals surface area contributed by atoms with Gasteiger partial charge in [-0.25, -0.2) is 4.98 Å². The molecule has 0 aromatic carbocycles. The van der Waals surface area contributed by atoms with Crippen LogP contribution in [0, 0.1) is 5.41 Å². The molecule has 0 radical (unpaired) electrons. The molecule has 5 heteroatoms. The summed E-state index contributed by atoms with van der Waals surface area (Å²) in [6.07, 6.45) is 3.50. The Balaban J connectivity index is 1.88. The molecular weight excluding hydrogens is 242 g/mol. The van der Waals surface area contributed by atoms with Gasteiger partial charge in [0.15, 0.2) is 0 Å². The summed E-state index contributed by atoms with van der Waals surface area (Å²) < 4.78 is 5.00. The highest BCUT2D eigenvalue weighted by Crippen LogP contribution is 2.28. The highest BCUT2D eigenvalue weighted by atomic mass is 16.5. The Hall–Kier alpha value is -1.62. The van der Waals surface area contributed by atoms with Crippen LogP contribution in [0.5, 0.6) is 5.88 Å². The fourth-order valence-electron chi connectivity index (χ4n) is 2.24. The molecule has 1 aromatic heterocycles. The molecule has 0 unspecified atom stereocenters. The van der Waals surface area contributed by atoms with Gasteiger partial charge in [0.25, 0.3) is 0 Å². The third-order valence-corrected chi connectivity index (χ3v) is 3.72. The molecule has 1 amide bonds. The highest BCUT2D eigenvalue weighted by Gasteiger charge is 2.34. The van der Waals surface area contributed by atoms with Crippen molar-refractivity contribution in [2.75, 3.05) is 20.2 Å². The second kappa shape index (κ2) is 6.02. The number of ether oxygens (including phenoxy) is 1. The van der Waals surface area contributed by atoms with Crippen molar-refractivity contribution in [2.24, 2.45) is 5.41 Å². The maximum absolute atomic E-state index is 12.2. The number of aromatic nitrogens is 1. The van der Waals surface area contributed by atoms with E-state index in [-0.39, 0.29) is 11.3 Å². The molecular formula is C14H21N3O2. The Morgan fingerprint density at radius 1 is 1.47 bits per heavy atom. The molecule has 2 rings (SSSR count). The summed E-state index contributed by atoms with van der Waals surface area (Å²) in [5, 5.41) is 6.28. The maximum Gasteiger partial charge on any atom is 0.226 e. The van der Waals surface area contributed by atoms with Gasteiger partial charge in [0.1, 0.15) is 0 Å². The summed E-state index contributed by atoms with van der Waals surface area (Å²) in [6.45, 7) is 4.37. The highest BCUT2D eigenvalue weighted by molar-refractivity contribution is 5.82. The molecule has 1 fully saturated rings. The third kappa shape index (κ3) is 3.44. The number of rotatable bonds is 4. The minimum Gasteiger partial charge on any atom is -0.481 e. The summed E-state index contributed by atoms with van der Waals surface area (Å²) in [5.74, 6) is 0.713. The number of hydrogen-bond acceptors (Lipinski definition) is 4. The van der Waals surface area contributed by atoms with Crippen LogP contribution in [0.2, 0.25) is 0 Å². The largest absolute Gasteiger partial charge is 0.481 e. The lowest BCUT2D eigenvalue weighted by Gasteiger charge is -2.32. The number of nitrogens with one attached hydrogen (secondary N) is 2. The molecule has 2 heterocycles. The van der Waals surface area contributed by atoms with Gasteiger partial charge in [-0.15, -0.1) is 0 Å². The molecule has 104 valence electrons. The minimum absolute atomic E-state index is 0.129. The van der Waals surface area contributed by atoms with Crippen molar-refractivity contribution < 1.29 is 9.53 Å². The van der Waals surface area contributed by atoms with Crippen LogP contribution in [-0.2, 0) is 11.3 Å². The molecule has 0 saturated carbocycles. The van der Waals surface area contributed by atoms with Crippen LogP contribution in [0.3, 0.4) is 0 Å². The van der Waals surface area contributed by atoms with E-state index in [1.54, 1.807) is 19.4 Å². The minimum atomic E-state index is -0.245. The van der Waals surface area contributed by atoms with E-state index in [2.05, 4.69) is 15.6 Å². The monoisotopic (exact) mass is 263 g/mol. The van der Waals surface area contributed by atoms with Crippen LogP contribution in [0.1, 0.15) is 25.3 Å². The zero-order valence-electron chi connectivity index (χ0n) is 11.5. The van der Waals surface area contributed by atoms with Gasteiger partial charge in [-0.05, 0) is 31.5 Å². The molecule has 1 aliphatic rings. The molecule has 0 spiro atoms. The van der Waals surface area contributed by atoms with Crippen LogP contribution in [-0.4, -0.2) is 31.1 Å². The predicted octanol–water partition coefficient (Wildman–Crippen LogP) is 1.10. The van der Waals surface area contributed by atoms with Gasteiger partial charge in [0.05, 0.1) is 7.11 Å². The molecule has 0 bridgehead atoms. The first-order valence-electron chi connectivity index (χ1n) is 6.62. The van der Waals surface area contributed by atoms with Crippen molar-refractivity contribution in [2.45, 2.75) is 26.3 Å². The lowest BCUT2D eigenvalue weighted by Crippen LogP contribution is -2.45. The van der Waals surface area contributed by atoms with E-state index in [1.165, 1.54) is 0 Å². The first-order chi connectivity index (χ1) is 9.14. The van der Waals surface area contributed by atoms with Gasteiger partial charge < -0.3 is 15.4 Å². The average molecular weight is 263 g/mol. The Bertz CT molecular complexity index is 425. The lowest BCUT2D eigenvalue weighted by molar-refractivity contribution is -0.131. The molecule has 1 aliphatic heterocycles. The Morgan fingerprint density at radius 3 is 2.79 bits per heavy atom. The van der Waals surface area contributed by atoms with Crippen molar-refractivity contribution in [3.8, 4) is 5.88 Å². The topological polar surface area (TPSA) is 63.2 Å². The van der Waals surface area contributed by atoms with Crippen LogP contribution >= 0.6 is 0 Å². The standard InChI is InChI=1S/C14H21N3O2/c1-14(5-7-15-8-6-14)13(18)17-10-11-3-4-12(19-2)16-9-11/h3-4,9,15H,5-8,10H2,1-2H3,(H,17,18). The molecule has 2 N–H and O–H groups in total. The number of piperidine rings is 1. The van der Waals surface area contributed by atoms with E-state index in [4.69, 9.17) is 4.74 Å². The Labute approximate surface area is 113 Å². The zero-order chi connectivity index (χ0) is 13.7. The van der Waals surface area contributed by atoms with Gasteiger partial charge in [-0.3, -0.25) is 4.79 Å². The number of pyridine rings is 1. The number of carbonyl (C=O) groups excluding carboxylic acids is 1. The summed E-state index contributed by atoms with van der Waals surface area (Å²) in [4.78, 5) is 16.4. The lowest BCUT2D eigenvalue weighted by atomic mass is 9.80. The maximum atomic E-state index is 12.2. The van der Waals surface area contributed by atoms with E-state index in [0.29, 0.717) is 12.4 Å². The molecule has 0 aliphatic carbocycles.